The number of benzene rings is 3. The van der Waals surface area contributed by atoms with Crippen molar-refractivity contribution < 1.29 is 17.8 Å². The third-order valence-electron chi connectivity index (χ3n) is 6.70. The molecule has 0 spiro atoms. The maximum absolute atomic E-state index is 14.7. The smallest absolute Gasteiger partial charge is 0.251 e. The normalized spacial score (nSPS) is 11.9. The lowest BCUT2D eigenvalue weighted by Gasteiger charge is -2.10. The Labute approximate surface area is 232 Å². The lowest BCUT2D eigenvalue weighted by molar-refractivity contribution is 0.0951. The van der Waals surface area contributed by atoms with E-state index in [9.17, 15) is 17.8 Å². The zero-order chi connectivity index (χ0) is 28.6. The van der Waals surface area contributed by atoms with E-state index in [4.69, 9.17) is 0 Å². The van der Waals surface area contributed by atoms with Crippen molar-refractivity contribution in [2.24, 2.45) is 0 Å². The van der Waals surface area contributed by atoms with Crippen LogP contribution in [0.5, 0.6) is 0 Å². The molecule has 2 N–H and O–H groups in total. The molecule has 1 unspecified atom stereocenters. The SMILES string of the molecule is Cc1cc(C)c(CNC(=O)c2ccc(-c3ccc4nc(Nc5c(C)cc(S(C)=O)cc5F)nn4c3)cc2)cc1F. The molecule has 0 saturated carbocycles. The standard InChI is InChI=1S/C30H27F2N5O2S/c1-17-11-18(2)25(31)13-23(17)15-33-29(38)21-7-5-20(6-8-21)22-9-10-27-34-30(36-37(27)16-22)35-28-19(3)12-24(40(4)39)14-26(28)32/h5-14,16H,15H2,1-4H3,(H,33,38)(H,35,36). The van der Waals surface area contributed by atoms with Crippen molar-refractivity contribution in [2.75, 3.05) is 11.6 Å². The maximum atomic E-state index is 14.7. The average molecular weight is 560 g/mol. The van der Waals surface area contributed by atoms with Gasteiger partial charge in [-0.25, -0.2) is 13.3 Å². The molecule has 0 saturated heterocycles. The highest BCUT2D eigenvalue weighted by molar-refractivity contribution is 7.84. The van der Waals surface area contributed by atoms with Crippen molar-refractivity contribution >= 4 is 34.0 Å². The van der Waals surface area contributed by atoms with E-state index in [0.29, 0.717) is 27.2 Å². The van der Waals surface area contributed by atoms with Crippen molar-refractivity contribution in [3.05, 3.63) is 106 Å². The van der Waals surface area contributed by atoms with E-state index in [0.717, 1.165) is 22.3 Å². The molecule has 3 aromatic carbocycles. The minimum Gasteiger partial charge on any atom is -0.348 e. The number of nitrogens with zero attached hydrogens (tertiary/aromatic N) is 3. The van der Waals surface area contributed by atoms with Gasteiger partial charge in [0.2, 0.25) is 5.95 Å². The molecule has 1 atom stereocenters. The molecule has 40 heavy (non-hydrogen) atoms. The fraction of sp³-hybridized carbons (Fsp3) is 0.167. The van der Waals surface area contributed by atoms with E-state index >= 15 is 0 Å². The number of halogens is 2. The van der Waals surface area contributed by atoms with Crippen LogP contribution in [0.3, 0.4) is 0 Å². The Morgan fingerprint density at radius 2 is 1.62 bits per heavy atom. The van der Waals surface area contributed by atoms with Crippen LogP contribution in [0.2, 0.25) is 0 Å². The summed E-state index contributed by atoms with van der Waals surface area (Å²) in [6.07, 6.45) is 3.30. The number of hydrogen-bond acceptors (Lipinski definition) is 5. The Bertz CT molecular complexity index is 1760. The molecule has 2 aromatic heterocycles. The van der Waals surface area contributed by atoms with Crippen LogP contribution in [-0.2, 0) is 17.3 Å². The highest BCUT2D eigenvalue weighted by atomic mass is 32.2. The molecule has 0 radical (unpaired) electrons. The lowest BCUT2D eigenvalue weighted by Crippen LogP contribution is -2.23. The van der Waals surface area contributed by atoms with Crippen LogP contribution in [0.1, 0.15) is 32.6 Å². The van der Waals surface area contributed by atoms with E-state index in [1.807, 2.05) is 25.1 Å². The summed E-state index contributed by atoms with van der Waals surface area (Å²) in [6, 6.07) is 16.9. The largest absolute Gasteiger partial charge is 0.348 e. The second kappa shape index (κ2) is 11.0. The van der Waals surface area contributed by atoms with Crippen LogP contribution in [0.15, 0.2) is 71.8 Å². The summed E-state index contributed by atoms with van der Waals surface area (Å²) in [5.41, 5.74) is 5.80. The van der Waals surface area contributed by atoms with Gasteiger partial charge >= 0.3 is 0 Å². The Kier molecular flexibility index (Phi) is 7.44. The van der Waals surface area contributed by atoms with E-state index in [1.54, 1.807) is 54.9 Å². The van der Waals surface area contributed by atoms with Gasteiger partial charge in [-0.1, -0.05) is 18.2 Å². The first-order valence-corrected chi connectivity index (χ1v) is 14.1. The Balaban J connectivity index is 1.30. The summed E-state index contributed by atoms with van der Waals surface area (Å²) in [5.74, 6) is -0.858. The molecular weight excluding hydrogens is 532 g/mol. The molecular formula is C30H27F2N5O2S. The molecule has 7 nitrogen and oxygen atoms in total. The Hall–Kier alpha value is -4.44. The zero-order valence-electron chi connectivity index (χ0n) is 22.4. The third kappa shape index (κ3) is 5.62. The highest BCUT2D eigenvalue weighted by Crippen LogP contribution is 2.26. The summed E-state index contributed by atoms with van der Waals surface area (Å²) in [4.78, 5) is 17.5. The first-order chi connectivity index (χ1) is 19.1. The van der Waals surface area contributed by atoms with Gasteiger partial charge in [-0.05, 0) is 91.1 Å². The zero-order valence-corrected chi connectivity index (χ0v) is 23.2. The molecule has 10 heteroatoms. The van der Waals surface area contributed by atoms with E-state index in [2.05, 4.69) is 20.7 Å². The Morgan fingerprint density at radius 3 is 2.33 bits per heavy atom. The van der Waals surface area contributed by atoms with Crippen molar-refractivity contribution in [3.63, 3.8) is 0 Å². The number of fused-ring (bicyclic) bond motifs is 1. The van der Waals surface area contributed by atoms with Gasteiger partial charge in [0.1, 0.15) is 11.6 Å². The quantitative estimate of drug-likeness (QED) is 0.255. The fourth-order valence-electron chi connectivity index (χ4n) is 4.40. The second-order valence-corrected chi connectivity index (χ2v) is 11.0. The molecule has 204 valence electrons. The van der Waals surface area contributed by atoms with Gasteiger partial charge in [0.05, 0.1) is 5.69 Å². The summed E-state index contributed by atoms with van der Waals surface area (Å²) in [5, 5.41) is 10.2. The average Bonchev–Trinajstić information content (AvgIpc) is 3.33. The van der Waals surface area contributed by atoms with Gasteiger partial charge < -0.3 is 10.6 Å². The van der Waals surface area contributed by atoms with Crippen LogP contribution in [0.25, 0.3) is 16.8 Å². The number of hydrogen-bond donors (Lipinski definition) is 2. The summed E-state index contributed by atoms with van der Waals surface area (Å²) in [7, 11) is -1.29. The van der Waals surface area contributed by atoms with Crippen molar-refractivity contribution in [3.8, 4) is 11.1 Å². The second-order valence-electron chi connectivity index (χ2n) is 9.62. The van der Waals surface area contributed by atoms with Crippen molar-refractivity contribution in [1.82, 2.24) is 19.9 Å². The molecule has 0 bridgehead atoms. The van der Waals surface area contributed by atoms with Gasteiger partial charge in [-0.3, -0.25) is 9.00 Å². The number of anilines is 2. The summed E-state index contributed by atoms with van der Waals surface area (Å²) in [6.45, 7) is 5.56. The van der Waals surface area contributed by atoms with E-state index in [-0.39, 0.29) is 29.9 Å². The van der Waals surface area contributed by atoms with Gasteiger partial charge in [-0.15, -0.1) is 5.10 Å². The van der Waals surface area contributed by atoms with Gasteiger partial charge in [0.15, 0.2) is 5.65 Å². The number of rotatable bonds is 7. The predicted octanol–water partition coefficient (Wildman–Crippen LogP) is 6.01. The van der Waals surface area contributed by atoms with Crippen LogP contribution in [0.4, 0.5) is 20.4 Å². The Morgan fingerprint density at radius 1 is 0.900 bits per heavy atom. The highest BCUT2D eigenvalue weighted by Gasteiger charge is 2.14. The molecule has 2 heterocycles. The van der Waals surface area contributed by atoms with Crippen LogP contribution >= 0.6 is 0 Å². The van der Waals surface area contributed by atoms with Crippen molar-refractivity contribution in [2.45, 2.75) is 32.2 Å². The fourth-order valence-corrected chi connectivity index (χ4v) is 5.02. The molecule has 0 aliphatic heterocycles. The minimum absolute atomic E-state index is 0.222. The number of aryl methyl sites for hydroxylation is 3. The summed E-state index contributed by atoms with van der Waals surface area (Å²) < 4.78 is 41.9. The third-order valence-corrected chi connectivity index (χ3v) is 7.60. The number of pyridine rings is 1. The van der Waals surface area contributed by atoms with E-state index < -0.39 is 16.6 Å². The number of nitrogens with one attached hydrogen (secondary N) is 2. The molecule has 5 rings (SSSR count). The first-order valence-electron chi connectivity index (χ1n) is 12.5. The monoisotopic (exact) mass is 559 g/mol. The lowest BCUT2D eigenvalue weighted by atomic mass is 10.0. The molecule has 0 aliphatic carbocycles. The van der Waals surface area contributed by atoms with Gasteiger partial charge in [0.25, 0.3) is 5.91 Å². The number of aromatic nitrogens is 3. The maximum Gasteiger partial charge on any atom is 0.251 e. The minimum atomic E-state index is -1.29. The number of carbonyl (C=O) groups is 1. The number of carbonyl (C=O) groups excluding carboxylic acids is 1. The molecule has 0 aliphatic rings. The first kappa shape index (κ1) is 27.1. The van der Waals surface area contributed by atoms with E-state index in [1.165, 1.54) is 18.4 Å². The van der Waals surface area contributed by atoms with Gasteiger partial charge in [-0.2, -0.15) is 4.98 Å². The van der Waals surface area contributed by atoms with Crippen LogP contribution in [0, 0.1) is 32.4 Å². The summed E-state index contributed by atoms with van der Waals surface area (Å²) >= 11 is 0. The van der Waals surface area contributed by atoms with Crippen LogP contribution < -0.4 is 10.6 Å². The topological polar surface area (TPSA) is 88.4 Å². The molecule has 0 fully saturated rings. The molecule has 1 amide bonds. The number of amides is 1. The molecule has 5 aromatic rings. The van der Waals surface area contributed by atoms with Crippen molar-refractivity contribution in [1.29, 1.82) is 0 Å². The van der Waals surface area contributed by atoms with Crippen LogP contribution in [-0.4, -0.2) is 31.0 Å². The van der Waals surface area contributed by atoms with Gasteiger partial charge in [0, 0.05) is 45.8 Å². The predicted molar refractivity (Wildman–Crippen MR) is 152 cm³/mol.